The highest BCUT2D eigenvalue weighted by Crippen LogP contribution is 2.12. The van der Waals surface area contributed by atoms with Crippen molar-refractivity contribution >= 4 is 17.8 Å². The van der Waals surface area contributed by atoms with Gasteiger partial charge < -0.3 is 10.2 Å². The molecule has 1 rings (SSSR count). The Hall–Kier alpha value is -0.960. The van der Waals surface area contributed by atoms with Crippen LogP contribution in [0.1, 0.15) is 0 Å². The molecule has 0 bridgehead atoms. The summed E-state index contributed by atoms with van der Waals surface area (Å²) in [5, 5.41) is 2.94. The molecular weight excluding hydrogens is 162 g/mol. The van der Waals surface area contributed by atoms with Crippen molar-refractivity contribution in [1.82, 2.24) is 10.2 Å². The Kier molecular flexibility index (Phi) is 2.54. The summed E-state index contributed by atoms with van der Waals surface area (Å²) in [6.07, 6.45) is 5.11. The van der Waals surface area contributed by atoms with Crippen LogP contribution in [0.4, 0.5) is 0 Å². The highest BCUT2D eigenvalue weighted by Gasteiger charge is 2.13. The minimum atomic E-state index is -0.317. The maximum atomic E-state index is 5.81. The lowest BCUT2D eigenvalue weighted by molar-refractivity contribution is 0.372. The molecule has 1 N–H and O–H groups in total. The minimum absolute atomic E-state index is 0.317. The van der Waals surface area contributed by atoms with Crippen molar-refractivity contribution in [3.8, 4) is 0 Å². The van der Waals surface area contributed by atoms with E-state index in [-0.39, 0.29) is 5.62 Å². The van der Waals surface area contributed by atoms with Gasteiger partial charge >= 0.3 is 0 Å². The quantitative estimate of drug-likeness (QED) is 0.498. The number of aliphatic imine (C=N–C) groups is 1. The second-order valence-electron chi connectivity index (χ2n) is 2.12. The second-order valence-corrected chi connectivity index (χ2v) is 2.51. The van der Waals surface area contributed by atoms with E-state index in [9.17, 15) is 0 Å². The van der Waals surface area contributed by atoms with Crippen molar-refractivity contribution in [2.45, 2.75) is 5.62 Å². The third kappa shape index (κ3) is 1.74. The van der Waals surface area contributed by atoms with Crippen LogP contribution in [-0.4, -0.2) is 23.8 Å². The Morgan fingerprint density at radius 1 is 1.91 bits per heavy atom. The molecule has 0 saturated carbocycles. The van der Waals surface area contributed by atoms with Crippen molar-refractivity contribution in [2.75, 3.05) is 7.05 Å². The zero-order valence-corrected chi connectivity index (χ0v) is 7.04. The van der Waals surface area contributed by atoms with Gasteiger partial charge in [0.1, 0.15) is 5.82 Å². The third-order valence-corrected chi connectivity index (χ3v) is 1.80. The Balaban J connectivity index is 2.69. The first-order valence-electron chi connectivity index (χ1n) is 3.23. The van der Waals surface area contributed by atoms with Gasteiger partial charge in [0.15, 0.2) is 5.62 Å². The number of rotatable bonds is 2. The van der Waals surface area contributed by atoms with Gasteiger partial charge in [-0.15, -0.1) is 0 Å². The van der Waals surface area contributed by atoms with E-state index in [0.29, 0.717) is 0 Å². The number of nitrogens with zero attached hydrogens (tertiary/aromatic N) is 2. The maximum absolute atomic E-state index is 5.81. The average molecular weight is 172 g/mol. The predicted molar refractivity (Wildman–Crippen MR) is 47.3 cm³/mol. The van der Waals surface area contributed by atoms with Gasteiger partial charge in [0.05, 0.1) is 0 Å². The molecule has 0 aliphatic carbocycles. The first-order valence-corrected chi connectivity index (χ1v) is 3.67. The van der Waals surface area contributed by atoms with Crippen LogP contribution in [-0.2, 0) is 0 Å². The molecule has 3 nitrogen and oxygen atoms in total. The third-order valence-electron chi connectivity index (χ3n) is 1.39. The molecule has 1 heterocycles. The van der Waals surface area contributed by atoms with E-state index in [4.69, 9.17) is 11.6 Å². The Morgan fingerprint density at radius 3 is 3.27 bits per heavy atom. The van der Waals surface area contributed by atoms with Crippen molar-refractivity contribution in [2.24, 2.45) is 4.99 Å². The van der Waals surface area contributed by atoms with Gasteiger partial charge in [0.2, 0.25) is 0 Å². The van der Waals surface area contributed by atoms with E-state index < -0.39 is 0 Å². The van der Waals surface area contributed by atoms with E-state index in [0.717, 1.165) is 5.82 Å². The monoisotopic (exact) mass is 171 g/mol. The normalized spacial score (nSPS) is 22.9. The number of allylic oxidation sites excluding steroid dienone is 1. The van der Waals surface area contributed by atoms with Gasteiger partial charge in [-0.1, -0.05) is 18.2 Å². The molecule has 1 unspecified atom stereocenters. The summed E-state index contributed by atoms with van der Waals surface area (Å²) >= 11 is 5.81. The lowest BCUT2D eigenvalue weighted by Gasteiger charge is -2.26. The van der Waals surface area contributed by atoms with Gasteiger partial charge in [-0.2, -0.15) is 0 Å². The van der Waals surface area contributed by atoms with Crippen LogP contribution in [0.2, 0.25) is 0 Å². The van der Waals surface area contributed by atoms with Gasteiger partial charge in [-0.05, 0) is 12.3 Å². The molecule has 0 amide bonds. The molecule has 0 radical (unpaired) electrons. The Bertz CT molecular complexity index is 210. The molecule has 0 fully saturated rings. The average Bonchev–Trinajstić information content (AvgIpc) is 1.99. The molecular formula is C7H10ClN3. The van der Waals surface area contributed by atoms with Crippen molar-refractivity contribution in [3.05, 3.63) is 24.7 Å². The van der Waals surface area contributed by atoms with Gasteiger partial charge in [0.25, 0.3) is 0 Å². The highest BCUT2D eigenvalue weighted by molar-refractivity contribution is 6.20. The first-order chi connectivity index (χ1) is 5.25. The van der Waals surface area contributed by atoms with Crippen LogP contribution < -0.4 is 5.32 Å². The summed E-state index contributed by atoms with van der Waals surface area (Å²) in [5.41, 5.74) is -0.317. The summed E-state index contributed by atoms with van der Waals surface area (Å²) in [5.74, 6) is 0.898. The van der Waals surface area contributed by atoms with Crippen LogP contribution in [0.25, 0.3) is 0 Å². The first kappa shape index (κ1) is 8.14. The smallest absolute Gasteiger partial charge is 0.198 e. The summed E-state index contributed by atoms with van der Waals surface area (Å²) in [4.78, 5) is 5.77. The lowest BCUT2D eigenvalue weighted by Crippen LogP contribution is -2.33. The fraction of sp³-hybridized carbons (Fsp3) is 0.286. The molecule has 0 saturated heterocycles. The molecule has 1 aliphatic rings. The summed E-state index contributed by atoms with van der Waals surface area (Å²) < 4.78 is 0. The molecule has 0 aromatic carbocycles. The number of nitrogens with one attached hydrogen (secondary N) is 1. The minimum Gasteiger partial charge on any atom is -0.349 e. The predicted octanol–water partition coefficient (Wildman–Crippen LogP) is 1.10. The van der Waals surface area contributed by atoms with E-state index in [1.165, 1.54) is 0 Å². The molecule has 1 atom stereocenters. The van der Waals surface area contributed by atoms with Crippen molar-refractivity contribution in [3.63, 3.8) is 0 Å². The number of halogens is 1. The fourth-order valence-corrected chi connectivity index (χ4v) is 0.942. The second kappa shape index (κ2) is 3.44. The molecule has 0 spiro atoms. The largest absolute Gasteiger partial charge is 0.349 e. The Labute approximate surface area is 71.1 Å². The summed E-state index contributed by atoms with van der Waals surface area (Å²) in [6, 6.07) is 0. The van der Waals surface area contributed by atoms with Crippen LogP contribution in [0.3, 0.4) is 0 Å². The van der Waals surface area contributed by atoms with Crippen LogP contribution in [0, 0.1) is 0 Å². The summed E-state index contributed by atoms with van der Waals surface area (Å²) in [6.45, 7) is 3.55. The van der Waals surface area contributed by atoms with Crippen LogP contribution in [0.15, 0.2) is 29.7 Å². The lowest BCUT2D eigenvalue weighted by atomic mass is 10.5. The van der Waals surface area contributed by atoms with E-state index in [1.54, 1.807) is 12.4 Å². The van der Waals surface area contributed by atoms with Crippen LogP contribution in [0.5, 0.6) is 0 Å². The molecule has 4 heteroatoms. The van der Waals surface area contributed by atoms with Crippen LogP contribution >= 0.6 is 11.6 Å². The molecule has 11 heavy (non-hydrogen) atoms. The maximum Gasteiger partial charge on any atom is 0.198 e. The van der Waals surface area contributed by atoms with Crippen molar-refractivity contribution in [1.29, 1.82) is 0 Å². The van der Waals surface area contributed by atoms with Crippen molar-refractivity contribution < 1.29 is 0 Å². The van der Waals surface area contributed by atoms with E-state index in [1.807, 2.05) is 18.0 Å². The van der Waals surface area contributed by atoms with Gasteiger partial charge in [0, 0.05) is 13.3 Å². The SMILES string of the molecule is C=CNC1=CC=NC(Cl)N1C. The number of hydrogen-bond donors (Lipinski definition) is 1. The van der Waals surface area contributed by atoms with Gasteiger partial charge in [-0.25, -0.2) is 0 Å². The number of alkyl halides is 1. The van der Waals surface area contributed by atoms with E-state index >= 15 is 0 Å². The zero-order chi connectivity index (χ0) is 8.27. The fourth-order valence-electron chi connectivity index (χ4n) is 0.771. The van der Waals surface area contributed by atoms with Gasteiger partial charge in [-0.3, -0.25) is 4.99 Å². The highest BCUT2D eigenvalue weighted by atomic mass is 35.5. The van der Waals surface area contributed by atoms with E-state index in [2.05, 4.69) is 16.9 Å². The molecule has 60 valence electrons. The molecule has 0 aromatic heterocycles. The topological polar surface area (TPSA) is 27.6 Å². The summed E-state index contributed by atoms with van der Waals surface area (Å²) in [7, 11) is 1.86. The number of hydrogen-bond acceptors (Lipinski definition) is 3. The molecule has 0 aromatic rings. The zero-order valence-electron chi connectivity index (χ0n) is 6.29. The standard InChI is InChI=1S/C7H10ClN3/c1-3-9-6-4-5-10-7(8)11(6)2/h3-5,7,9H,1H2,2H3. The Morgan fingerprint density at radius 2 is 2.64 bits per heavy atom. The molecule has 1 aliphatic heterocycles.